The summed E-state index contributed by atoms with van der Waals surface area (Å²) in [6.45, 7) is -2.94. The first kappa shape index (κ1) is 16.3. The summed E-state index contributed by atoms with van der Waals surface area (Å²) in [6, 6.07) is 9.55. The number of rotatable bonds is 4. The lowest BCUT2D eigenvalue weighted by molar-refractivity contribution is -0.110. The van der Waals surface area contributed by atoms with Crippen molar-refractivity contribution in [2.75, 3.05) is 12.4 Å². The molecule has 0 atom stereocenters. The van der Waals surface area contributed by atoms with E-state index in [1.165, 1.54) is 19.2 Å². The maximum absolute atomic E-state index is 12.4. The molecule has 2 aromatic carbocycles. The smallest absolute Gasteiger partial charge is 0.387 e. The standard InChI is InChI=1S/C17H12ClF2NO3/c1-23-15-7-9(2-5-14(15)24-17(19)20)6-12-11-4-3-10(18)8-13(11)21-16(12)22/h2-8,17H,1H3,(H,21,22)/b12-6+. The Morgan fingerprint density at radius 3 is 2.67 bits per heavy atom. The summed E-state index contributed by atoms with van der Waals surface area (Å²) in [4.78, 5) is 12.1. The van der Waals surface area contributed by atoms with E-state index in [1.807, 2.05) is 0 Å². The van der Waals surface area contributed by atoms with Crippen LogP contribution in [0.4, 0.5) is 14.5 Å². The Balaban J connectivity index is 1.99. The summed E-state index contributed by atoms with van der Waals surface area (Å²) in [5.74, 6) is -0.184. The number of benzene rings is 2. The zero-order chi connectivity index (χ0) is 17.3. The SMILES string of the molecule is COc1cc(/C=C2/C(=O)Nc3cc(Cl)ccc32)ccc1OC(F)F. The van der Waals surface area contributed by atoms with Crippen LogP contribution in [0.15, 0.2) is 36.4 Å². The normalized spacial score (nSPS) is 14.7. The van der Waals surface area contributed by atoms with Gasteiger partial charge in [0.25, 0.3) is 5.91 Å². The number of fused-ring (bicyclic) bond motifs is 1. The van der Waals surface area contributed by atoms with Gasteiger partial charge in [0.05, 0.1) is 12.8 Å². The summed E-state index contributed by atoms with van der Waals surface area (Å²) in [7, 11) is 1.35. The number of methoxy groups -OCH3 is 1. The van der Waals surface area contributed by atoms with Gasteiger partial charge in [-0.3, -0.25) is 4.79 Å². The topological polar surface area (TPSA) is 47.6 Å². The van der Waals surface area contributed by atoms with E-state index in [-0.39, 0.29) is 17.4 Å². The molecule has 0 saturated carbocycles. The predicted octanol–water partition coefficient (Wildman–Crippen LogP) is 4.44. The van der Waals surface area contributed by atoms with Crippen LogP contribution < -0.4 is 14.8 Å². The number of ether oxygens (including phenoxy) is 2. The second kappa shape index (κ2) is 6.49. The average Bonchev–Trinajstić information content (AvgIpc) is 2.83. The van der Waals surface area contributed by atoms with Crippen molar-refractivity contribution in [1.82, 2.24) is 0 Å². The number of hydrogen-bond donors (Lipinski definition) is 1. The average molecular weight is 352 g/mol. The van der Waals surface area contributed by atoms with Crippen LogP contribution in [-0.2, 0) is 4.79 Å². The van der Waals surface area contributed by atoms with Gasteiger partial charge in [-0.15, -0.1) is 0 Å². The van der Waals surface area contributed by atoms with Gasteiger partial charge in [0.2, 0.25) is 0 Å². The molecule has 0 radical (unpaired) electrons. The third kappa shape index (κ3) is 3.19. The minimum atomic E-state index is -2.94. The highest BCUT2D eigenvalue weighted by molar-refractivity contribution is 6.36. The first-order valence-corrected chi connectivity index (χ1v) is 7.31. The number of amides is 1. The third-order valence-electron chi connectivity index (χ3n) is 3.48. The van der Waals surface area contributed by atoms with Gasteiger partial charge < -0.3 is 14.8 Å². The van der Waals surface area contributed by atoms with Crippen LogP contribution in [0.2, 0.25) is 5.02 Å². The number of halogens is 3. The molecule has 0 bridgehead atoms. The van der Waals surface area contributed by atoms with Crippen molar-refractivity contribution in [1.29, 1.82) is 0 Å². The zero-order valence-electron chi connectivity index (χ0n) is 12.5. The van der Waals surface area contributed by atoms with E-state index in [4.69, 9.17) is 16.3 Å². The van der Waals surface area contributed by atoms with Crippen LogP contribution in [0.3, 0.4) is 0 Å². The highest BCUT2D eigenvalue weighted by Crippen LogP contribution is 2.36. The number of carbonyl (C=O) groups is 1. The van der Waals surface area contributed by atoms with Gasteiger partial charge in [-0.1, -0.05) is 23.7 Å². The molecule has 3 rings (SSSR count). The van der Waals surface area contributed by atoms with Crippen molar-refractivity contribution in [3.05, 3.63) is 52.5 Å². The van der Waals surface area contributed by atoms with Gasteiger partial charge in [-0.05, 0) is 35.9 Å². The van der Waals surface area contributed by atoms with Crippen molar-refractivity contribution >= 4 is 34.8 Å². The molecule has 7 heteroatoms. The number of alkyl halides is 2. The summed E-state index contributed by atoms with van der Waals surface area (Å²) in [5.41, 5.74) is 2.41. The Morgan fingerprint density at radius 1 is 1.17 bits per heavy atom. The Kier molecular flexibility index (Phi) is 4.40. The molecule has 1 heterocycles. The molecule has 24 heavy (non-hydrogen) atoms. The number of hydrogen-bond acceptors (Lipinski definition) is 3. The molecule has 0 fully saturated rings. The lowest BCUT2D eigenvalue weighted by Crippen LogP contribution is -2.04. The number of nitrogens with one attached hydrogen (secondary N) is 1. The van der Waals surface area contributed by atoms with E-state index >= 15 is 0 Å². The zero-order valence-corrected chi connectivity index (χ0v) is 13.2. The van der Waals surface area contributed by atoms with Crippen LogP contribution in [0.1, 0.15) is 11.1 Å². The molecular weight excluding hydrogens is 340 g/mol. The van der Waals surface area contributed by atoms with Crippen LogP contribution >= 0.6 is 11.6 Å². The molecule has 2 aromatic rings. The third-order valence-corrected chi connectivity index (χ3v) is 3.71. The fourth-order valence-electron chi connectivity index (χ4n) is 2.44. The summed E-state index contributed by atoms with van der Waals surface area (Å²) >= 11 is 5.92. The highest BCUT2D eigenvalue weighted by Gasteiger charge is 2.24. The van der Waals surface area contributed by atoms with E-state index in [2.05, 4.69) is 10.1 Å². The van der Waals surface area contributed by atoms with Gasteiger partial charge in [0.1, 0.15) is 0 Å². The minimum absolute atomic E-state index is 0.0716. The molecule has 0 unspecified atom stereocenters. The minimum Gasteiger partial charge on any atom is -0.493 e. The van der Waals surface area contributed by atoms with Crippen molar-refractivity contribution in [3.8, 4) is 11.5 Å². The van der Waals surface area contributed by atoms with Gasteiger partial charge in [-0.2, -0.15) is 8.78 Å². The second-order valence-electron chi connectivity index (χ2n) is 4.99. The molecule has 1 amide bonds. The fraction of sp³-hybridized carbons (Fsp3) is 0.118. The lowest BCUT2D eigenvalue weighted by Gasteiger charge is -2.10. The van der Waals surface area contributed by atoms with Crippen molar-refractivity contribution in [2.45, 2.75) is 6.61 Å². The predicted molar refractivity (Wildman–Crippen MR) is 87.6 cm³/mol. The number of carbonyl (C=O) groups excluding carboxylic acids is 1. The summed E-state index contributed by atoms with van der Waals surface area (Å²) in [6.07, 6.45) is 1.64. The lowest BCUT2D eigenvalue weighted by atomic mass is 10.0. The first-order valence-electron chi connectivity index (χ1n) is 6.94. The van der Waals surface area contributed by atoms with Crippen molar-refractivity contribution in [2.24, 2.45) is 0 Å². The maximum atomic E-state index is 12.4. The van der Waals surface area contributed by atoms with Crippen molar-refractivity contribution < 1.29 is 23.0 Å². The molecule has 1 aliphatic rings. The van der Waals surface area contributed by atoms with E-state index < -0.39 is 6.61 Å². The molecule has 1 aliphatic heterocycles. The Labute approximate surface area is 141 Å². The van der Waals surface area contributed by atoms with Crippen molar-refractivity contribution in [3.63, 3.8) is 0 Å². The summed E-state index contributed by atoms with van der Waals surface area (Å²) < 4.78 is 34.2. The molecular formula is C17H12ClF2NO3. The Morgan fingerprint density at radius 2 is 1.96 bits per heavy atom. The molecule has 0 saturated heterocycles. The quantitative estimate of drug-likeness (QED) is 0.828. The largest absolute Gasteiger partial charge is 0.493 e. The van der Waals surface area contributed by atoms with Gasteiger partial charge in [-0.25, -0.2) is 0 Å². The molecule has 0 aromatic heterocycles. The van der Waals surface area contributed by atoms with E-state index in [0.717, 1.165) is 5.56 Å². The highest BCUT2D eigenvalue weighted by atomic mass is 35.5. The maximum Gasteiger partial charge on any atom is 0.387 e. The van der Waals surface area contributed by atoms with Gasteiger partial charge in [0, 0.05) is 16.2 Å². The first-order chi connectivity index (χ1) is 11.5. The second-order valence-corrected chi connectivity index (χ2v) is 5.43. The van der Waals surface area contributed by atoms with Crippen LogP contribution in [-0.4, -0.2) is 19.6 Å². The van der Waals surface area contributed by atoms with E-state index in [1.54, 1.807) is 30.3 Å². The van der Waals surface area contributed by atoms with Crippen LogP contribution in [0.25, 0.3) is 11.6 Å². The van der Waals surface area contributed by atoms with E-state index in [0.29, 0.717) is 21.8 Å². The number of anilines is 1. The molecule has 1 N–H and O–H groups in total. The molecule has 0 spiro atoms. The Bertz CT molecular complexity index is 837. The van der Waals surface area contributed by atoms with E-state index in [9.17, 15) is 13.6 Å². The molecule has 4 nitrogen and oxygen atoms in total. The molecule has 124 valence electrons. The van der Waals surface area contributed by atoms with Crippen LogP contribution in [0, 0.1) is 0 Å². The van der Waals surface area contributed by atoms with Gasteiger partial charge >= 0.3 is 6.61 Å². The van der Waals surface area contributed by atoms with Crippen LogP contribution in [0.5, 0.6) is 11.5 Å². The van der Waals surface area contributed by atoms with Gasteiger partial charge in [0.15, 0.2) is 11.5 Å². The Hall–Kier alpha value is -2.60. The molecule has 0 aliphatic carbocycles. The monoisotopic (exact) mass is 351 g/mol. The fourth-order valence-corrected chi connectivity index (χ4v) is 2.62. The summed E-state index contributed by atoms with van der Waals surface area (Å²) in [5, 5.41) is 3.25.